The summed E-state index contributed by atoms with van der Waals surface area (Å²) in [7, 11) is 1.58. The SMILES string of the molecule is COc1ccc(Br)cc1-c1nc(COC(=O)c2cc([N+](=O)[O-])ccc2Cl)cs1. The van der Waals surface area contributed by atoms with Gasteiger partial charge >= 0.3 is 5.97 Å². The molecule has 0 fully saturated rings. The number of methoxy groups -OCH3 is 1. The summed E-state index contributed by atoms with van der Waals surface area (Å²) in [4.78, 5) is 27.0. The number of nitro groups is 1. The van der Waals surface area contributed by atoms with E-state index in [4.69, 9.17) is 21.1 Å². The molecule has 1 heterocycles. The van der Waals surface area contributed by atoms with Crippen LogP contribution in [-0.4, -0.2) is 23.0 Å². The van der Waals surface area contributed by atoms with Gasteiger partial charge in [-0.1, -0.05) is 27.5 Å². The highest BCUT2D eigenvalue weighted by molar-refractivity contribution is 9.10. The Morgan fingerprint density at radius 3 is 2.82 bits per heavy atom. The molecule has 0 amide bonds. The fraction of sp³-hybridized carbons (Fsp3) is 0.111. The molecule has 1 aromatic heterocycles. The van der Waals surface area contributed by atoms with Crippen molar-refractivity contribution in [2.24, 2.45) is 0 Å². The first kappa shape index (κ1) is 20.2. The number of hydrogen-bond acceptors (Lipinski definition) is 7. The number of thiazole rings is 1. The van der Waals surface area contributed by atoms with E-state index in [1.54, 1.807) is 12.5 Å². The number of ether oxygens (including phenoxy) is 2. The number of hydrogen-bond donors (Lipinski definition) is 0. The minimum atomic E-state index is -0.761. The number of rotatable bonds is 6. The van der Waals surface area contributed by atoms with Crippen LogP contribution in [0.25, 0.3) is 10.6 Å². The van der Waals surface area contributed by atoms with Crippen molar-refractivity contribution in [2.45, 2.75) is 6.61 Å². The van der Waals surface area contributed by atoms with E-state index < -0.39 is 10.9 Å². The molecule has 144 valence electrons. The van der Waals surface area contributed by atoms with Crippen molar-refractivity contribution in [2.75, 3.05) is 7.11 Å². The molecule has 28 heavy (non-hydrogen) atoms. The Hall–Kier alpha value is -2.49. The molecule has 3 rings (SSSR count). The third-order valence-electron chi connectivity index (χ3n) is 3.68. The van der Waals surface area contributed by atoms with Gasteiger partial charge in [0.25, 0.3) is 5.69 Å². The Morgan fingerprint density at radius 2 is 2.11 bits per heavy atom. The van der Waals surface area contributed by atoms with Crippen molar-refractivity contribution in [3.05, 3.63) is 72.6 Å². The zero-order valence-electron chi connectivity index (χ0n) is 14.3. The number of aromatic nitrogens is 1. The minimum Gasteiger partial charge on any atom is -0.496 e. The first-order valence-corrected chi connectivity index (χ1v) is 9.83. The van der Waals surface area contributed by atoms with E-state index in [0.29, 0.717) is 16.5 Å². The molecule has 0 aliphatic heterocycles. The number of non-ortho nitro benzene ring substituents is 1. The Balaban J connectivity index is 1.75. The molecule has 7 nitrogen and oxygen atoms in total. The normalized spacial score (nSPS) is 10.5. The van der Waals surface area contributed by atoms with Gasteiger partial charge < -0.3 is 9.47 Å². The predicted octanol–water partition coefficient (Wildman–Crippen LogP) is 5.50. The van der Waals surface area contributed by atoms with E-state index in [0.717, 1.165) is 16.1 Å². The van der Waals surface area contributed by atoms with Crippen molar-refractivity contribution in [1.82, 2.24) is 4.98 Å². The van der Waals surface area contributed by atoms with E-state index in [2.05, 4.69) is 20.9 Å². The first-order chi connectivity index (χ1) is 13.4. The van der Waals surface area contributed by atoms with Crippen molar-refractivity contribution in [1.29, 1.82) is 0 Å². The number of halogens is 2. The van der Waals surface area contributed by atoms with Crippen LogP contribution in [0.15, 0.2) is 46.3 Å². The molecule has 0 N–H and O–H groups in total. The van der Waals surface area contributed by atoms with E-state index in [-0.39, 0.29) is 22.9 Å². The average Bonchev–Trinajstić information content (AvgIpc) is 3.15. The molecule has 0 aliphatic carbocycles. The van der Waals surface area contributed by atoms with Gasteiger partial charge in [-0.25, -0.2) is 9.78 Å². The van der Waals surface area contributed by atoms with Gasteiger partial charge in [0.15, 0.2) is 0 Å². The van der Waals surface area contributed by atoms with Gasteiger partial charge in [-0.15, -0.1) is 11.3 Å². The summed E-state index contributed by atoms with van der Waals surface area (Å²) < 4.78 is 11.5. The molecule has 0 saturated carbocycles. The van der Waals surface area contributed by atoms with E-state index in [1.807, 2.05) is 18.2 Å². The lowest BCUT2D eigenvalue weighted by Crippen LogP contribution is -2.07. The highest BCUT2D eigenvalue weighted by Crippen LogP contribution is 2.34. The summed E-state index contributed by atoms with van der Waals surface area (Å²) in [5.41, 5.74) is 1.03. The molecular formula is C18H12BrClN2O5S. The standard InChI is InChI=1S/C18H12BrClN2O5S/c1-26-16-5-2-10(19)6-14(16)17-21-11(9-28-17)8-27-18(23)13-7-12(22(24)25)3-4-15(13)20/h2-7,9H,8H2,1H3. The van der Waals surface area contributed by atoms with E-state index >= 15 is 0 Å². The molecule has 10 heteroatoms. The predicted molar refractivity (Wildman–Crippen MR) is 109 cm³/mol. The van der Waals surface area contributed by atoms with E-state index in [9.17, 15) is 14.9 Å². The highest BCUT2D eigenvalue weighted by atomic mass is 79.9. The zero-order chi connectivity index (χ0) is 20.3. The van der Waals surface area contributed by atoms with Crippen LogP contribution in [0.4, 0.5) is 5.69 Å². The smallest absolute Gasteiger partial charge is 0.340 e. The van der Waals surface area contributed by atoms with Crippen LogP contribution in [0.1, 0.15) is 16.1 Å². The van der Waals surface area contributed by atoms with Gasteiger partial charge in [-0.05, 0) is 24.3 Å². The van der Waals surface area contributed by atoms with Crippen molar-refractivity contribution >= 4 is 50.5 Å². The van der Waals surface area contributed by atoms with Crippen molar-refractivity contribution in [3.8, 4) is 16.3 Å². The second-order valence-corrected chi connectivity index (χ2v) is 7.67. The summed E-state index contributed by atoms with van der Waals surface area (Å²) >= 11 is 10.8. The van der Waals surface area contributed by atoms with E-state index in [1.165, 1.54) is 23.5 Å². The maximum absolute atomic E-state index is 12.3. The largest absolute Gasteiger partial charge is 0.496 e. The Morgan fingerprint density at radius 1 is 1.32 bits per heavy atom. The molecule has 3 aromatic rings. The van der Waals surface area contributed by atoms with Crippen LogP contribution in [-0.2, 0) is 11.3 Å². The Labute approximate surface area is 177 Å². The van der Waals surface area contributed by atoms with Crippen LogP contribution >= 0.6 is 38.9 Å². The highest BCUT2D eigenvalue weighted by Gasteiger charge is 2.18. The van der Waals surface area contributed by atoms with Crippen LogP contribution in [0, 0.1) is 10.1 Å². The molecule has 0 spiro atoms. The van der Waals surface area contributed by atoms with Gasteiger partial charge in [0.05, 0.1) is 33.9 Å². The summed E-state index contributed by atoms with van der Waals surface area (Å²) in [6.07, 6.45) is 0. The quantitative estimate of drug-likeness (QED) is 0.261. The van der Waals surface area contributed by atoms with Crippen molar-refractivity contribution < 1.29 is 19.2 Å². The number of nitrogens with zero attached hydrogens (tertiary/aromatic N) is 2. The van der Waals surface area contributed by atoms with Gasteiger partial charge in [0.1, 0.15) is 17.4 Å². The third-order valence-corrected chi connectivity index (χ3v) is 5.42. The van der Waals surface area contributed by atoms with Crippen LogP contribution < -0.4 is 4.74 Å². The second kappa shape index (κ2) is 8.68. The van der Waals surface area contributed by atoms with Gasteiger partial charge in [0, 0.05) is 22.0 Å². The Bertz CT molecular complexity index is 1060. The molecule has 0 aliphatic rings. The zero-order valence-corrected chi connectivity index (χ0v) is 17.5. The summed E-state index contributed by atoms with van der Waals surface area (Å²) in [5.74, 6) is -0.0900. The Kier molecular flexibility index (Phi) is 6.28. The molecule has 0 bridgehead atoms. The lowest BCUT2D eigenvalue weighted by molar-refractivity contribution is -0.384. The lowest BCUT2D eigenvalue weighted by atomic mass is 10.2. The summed E-state index contributed by atoms with van der Waals surface area (Å²) in [6, 6.07) is 9.17. The topological polar surface area (TPSA) is 91.6 Å². The number of benzene rings is 2. The average molecular weight is 484 g/mol. The first-order valence-electron chi connectivity index (χ1n) is 7.78. The molecule has 0 atom stereocenters. The van der Waals surface area contributed by atoms with Crippen LogP contribution in [0.2, 0.25) is 5.02 Å². The summed E-state index contributed by atoms with van der Waals surface area (Å²) in [5, 5.41) is 13.4. The maximum atomic E-state index is 12.3. The van der Waals surface area contributed by atoms with Gasteiger partial charge in [-0.3, -0.25) is 10.1 Å². The molecule has 0 saturated heterocycles. The molecule has 2 aromatic carbocycles. The fourth-order valence-electron chi connectivity index (χ4n) is 2.34. The lowest BCUT2D eigenvalue weighted by Gasteiger charge is -2.06. The number of carbonyl (C=O) groups excluding carboxylic acids is 1. The summed E-state index contributed by atoms with van der Waals surface area (Å²) in [6.45, 7) is -0.0926. The van der Waals surface area contributed by atoms with Crippen LogP contribution in [0.5, 0.6) is 5.75 Å². The van der Waals surface area contributed by atoms with Gasteiger partial charge in [-0.2, -0.15) is 0 Å². The number of nitro benzene ring substituents is 1. The third kappa shape index (κ3) is 4.49. The number of esters is 1. The van der Waals surface area contributed by atoms with Gasteiger partial charge in [0.2, 0.25) is 0 Å². The monoisotopic (exact) mass is 482 g/mol. The van der Waals surface area contributed by atoms with Crippen molar-refractivity contribution in [3.63, 3.8) is 0 Å². The maximum Gasteiger partial charge on any atom is 0.340 e. The fourth-order valence-corrected chi connectivity index (χ4v) is 3.73. The molecular weight excluding hydrogens is 472 g/mol. The second-order valence-electron chi connectivity index (χ2n) is 5.49. The van der Waals surface area contributed by atoms with Crippen LogP contribution in [0.3, 0.4) is 0 Å². The molecule has 0 unspecified atom stereocenters. The minimum absolute atomic E-state index is 0.0695. The molecule has 0 radical (unpaired) electrons. The number of carbonyl (C=O) groups is 1.